The Morgan fingerprint density at radius 3 is 2.85 bits per heavy atom. The molecule has 7 heteroatoms. The van der Waals surface area contributed by atoms with E-state index in [-0.39, 0.29) is 5.03 Å². The summed E-state index contributed by atoms with van der Waals surface area (Å²) in [7, 11) is -1.51. The maximum absolute atomic E-state index is 12.7. The fraction of sp³-hybridized carbons (Fsp3) is 0.615. The Labute approximate surface area is 120 Å². The normalized spacial score (nSPS) is 18.7. The zero-order chi connectivity index (χ0) is 14.6. The number of pyridine rings is 1. The van der Waals surface area contributed by atoms with E-state index in [1.54, 1.807) is 16.4 Å². The molecular weight excluding hydrogens is 276 g/mol. The van der Waals surface area contributed by atoms with Gasteiger partial charge in [-0.05, 0) is 39.1 Å². The summed E-state index contributed by atoms with van der Waals surface area (Å²) < 4.78 is 27.0. The molecule has 0 saturated carbocycles. The lowest BCUT2D eigenvalue weighted by molar-refractivity contribution is 0.347. The maximum Gasteiger partial charge on any atom is 0.262 e. The fourth-order valence-corrected chi connectivity index (χ4v) is 3.86. The van der Waals surface area contributed by atoms with E-state index in [0.29, 0.717) is 25.3 Å². The van der Waals surface area contributed by atoms with Crippen LogP contribution < -0.4 is 5.32 Å². The minimum absolute atomic E-state index is 0.131. The number of anilines is 1. The molecule has 1 N–H and O–H groups in total. The first kappa shape index (κ1) is 15.2. The van der Waals surface area contributed by atoms with Gasteiger partial charge in [0.25, 0.3) is 10.0 Å². The van der Waals surface area contributed by atoms with Crippen molar-refractivity contribution in [2.24, 2.45) is 0 Å². The summed E-state index contributed by atoms with van der Waals surface area (Å²) in [5.41, 5.74) is 0.576. The Hall–Kier alpha value is -1.18. The average molecular weight is 298 g/mol. The van der Waals surface area contributed by atoms with Crippen molar-refractivity contribution in [3.8, 4) is 0 Å². The highest BCUT2D eigenvalue weighted by atomic mass is 32.2. The van der Waals surface area contributed by atoms with Gasteiger partial charge in [0.2, 0.25) is 0 Å². The Kier molecular flexibility index (Phi) is 4.95. The predicted octanol–water partition coefficient (Wildman–Crippen LogP) is 0.840. The number of nitrogens with zero attached hydrogens (tertiary/aromatic N) is 3. The standard InChI is InChI=1S/C13H22N4O2S/c1-3-14-12-6-4-7-15-13(12)20(18,19)17-9-5-8-16(2)10-11-17/h4,6-7,14H,3,5,8-11H2,1-2H3. The SMILES string of the molecule is CCNc1cccnc1S(=O)(=O)N1CCCN(C)CC1. The zero-order valence-corrected chi connectivity index (χ0v) is 12.9. The third-order valence-electron chi connectivity index (χ3n) is 3.40. The lowest BCUT2D eigenvalue weighted by atomic mass is 10.4. The van der Waals surface area contributed by atoms with Gasteiger partial charge in [-0.1, -0.05) is 0 Å². The number of nitrogens with one attached hydrogen (secondary N) is 1. The van der Waals surface area contributed by atoms with Gasteiger partial charge in [0, 0.05) is 32.4 Å². The Morgan fingerprint density at radius 2 is 2.10 bits per heavy atom. The van der Waals surface area contributed by atoms with E-state index in [4.69, 9.17) is 0 Å². The first-order valence-electron chi connectivity index (χ1n) is 6.93. The van der Waals surface area contributed by atoms with E-state index in [9.17, 15) is 8.42 Å². The van der Waals surface area contributed by atoms with Gasteiger partial charge >= 0.3 is 0 Å². The van der Waals surface area contributed by atoms with Crippen LogP contribution in [0.1, 0.15) is 13.3 Å². The smallest absolute Gasteiger partial charge is 0.262 e. The summed E-state index contributed by atoms with van der Waals surface area (Å²) in [6.07, 6.45) is 2.37. The molecular formula is C13H22N4O2S. The molecule has 1 aromatic heterocycles. The molecule has 0 spiro atoms. The lowest BCUT2D eigenvalue weighted by Gasteiger charge is -2.21. The van der Waals surface area contributed by atoms with Gasteiger partial charge in [-0.2, -0.15) is 4.31 Å². The van der Waals surface area contributed by atoms with E-state index < -0.39 is 10.0 Å². The third-order valence-corrected chi connectivity index (χ3v) is 5.26. The van der Waals surface area contributed by atoms with Crippen LogP contribution in [-0.4, -0.2) is 62.4 Å². The van der Waals surface area contributed by atoms with Crippen molar-refractivity contribution in [2.45, 2.75) is 18.4 Å². The van der Waals surface area contributed by atoms with Gasteiger partial charge in [0.05, 0.1) is 5.69 Å². The maximum atomic E-state index is 12.7. The molecule has 0 aromatic carbocycles. The molecule has 6 nitrogen and oxygen atoms in total. The minimum Gasteiger partial charge on any atom is -0.383 e. The second-order valence-corrected chi connectivity index (χ2v) is 6.80. The predicted molar refractivity (Wildman–Crippen MR) is 79.3 cm³/mol. The molecule has 0 bridgehead atoms. The summed E-state index contributed by atoms with van der Waals surface area (Å²) in [6.45, 7) is 5.34. The summed E-state index contributed by atoms with van der Waals surface area (Å²) in [6, 6.07) is 3.50. The van der Waals surface area contributed by atoms with Crippen LogP contribution in [0.4, 0.5) is 5.69 Å². The van der Waals surface area contributed by atoms with Crippen molar-refractivity contribution in [1.82, 2.24) is 14.2 Å². The molecule has 1 aromatic rings. The van der Waals surface area contributed by atoms with Crippen LogP contribution in [0.25, 0.3) is 0 Å². The molecule has 112 valence electrons. The zero-order valence-electron chi connectivity index (χ0n) is 12.0. The Bertz CT molecular complexity index is 547. The second-order valence-electron chi connectivity index (χ2n) is 4.95. The fourth-order valence-electron chi connectivity index (χ4n) is 2.31. The van der Waals surface area contributed by atoms with Crippen LogP contribution in [0.2, 0.25) is 0 Å². The van der Waals surface area contributed by atoms with Crippen LogP contribution in [0, 0.1) is 0 Å². The number of likely N-dealkylation sites (N-methyl/N-ethyl adjacent to an activating group) is 1. The van der Waals surface area contributed by atoms with E-state index in [0.717, 1.165) is 19.5 Å². The summed E-state index contributed by atoms with van der Waals surface area (Å²) >= 11 is 0. The van der Waals surface area contributed by atoms with Gasteiger partial charge in [-0.15, -0.1) is 0 Å². The number of rotatable bonds is 4. The largest absolute Gasteiger partial charge is 0.383 e. The second kappa shape index (κ2) is 6.51. The van der Waals surface area contributed by atoms with Gasteiger partial charge in [-0.25, -0.2) is 13.4 Å². The minimum atomic E-state index is -3.53. The number of sulfonamides is 1. The molecule has 2 rings (SSSR count). The van der Waals surface area contributed by atoms with Crippen molar-refractivity contribution in [1.29, 1.82) is 0 Å². The van der Waals surface area contributed by atoms with E-state index in [1.807, 2.05) is 14.0 Å². The number of hydrogen-bond donors (Lipinski definition) is 1. The van der Waals surface area contributed by atoms with Crippen LogP contribution in [0.15, 0.2) is 23.4 Å². The molecule has 0 atom stereocenters. The highest BCUT2D eigenvalue weighted by Crippen LogP contribution is 2.22. The summed E-state index contributed by atoms with van der Waals surface area (Å²) in [5, 5.41) is 3.20. The summed E-state index contributed by atoms with van der Waals surface area (Å²) in [5.74, 6) is 0. The third kappa shape index (κ3) is 3.28. The molecule has 0 amide bonds. The number of hydrogen-bond acceptors (Lipinski definition) is 5. The molecule has 0 unspecified atom stereocenters. The van der Waals surface area contributed by atoms with E-state index in [1.165, 1.54) is 6.20 Å². The van der Waals surface area contributed by atoms with Gasteiger partial charge in [0.15, 0.2) is 5.03 Å². The molecule has 1 fully saturated rings. The van der Waals surface area contributed by atoms with E-state index >= 15 is 0 Å². The Morgan fingerprint density at radius 1 is 1.30 bits per heavy atom. The molecule has 0 aliphatic carbocycles. The molecule has 1 aliphatic rings. The highest BCUT2D eigenvalue weighted by Gasteiger charge is 2.29. The highest BCUT2D eigenvalue weighted by molar-refractivity contribution is 7.89. The first-order chi connectivity index (χ1) is 9.55. The Balaban J connectivity index is 2.30. The van der Waals surface area contributed by atoms with Gasteiger partial charge < -0.3 is 10.2 Å². The quantitative estimate of drug-likeness (QED) is 0.892. The van der Waals surface area contributed by atoms with Crippen molar-refractivity contribution in [3.63, 3.8) is 0 Å². The number of aromatic nitrogens is 1. The molecule has 1 saturated heterocycles. The van der Waals surface area contributed by atoms with Crippen LogP contribution >= 0.6 is 0 Å². The molecule has 2 heterocycles. The monoisotopic (exact) mass is 298 g/mol. The van der Waals surface area contributed by atoms with Crippen molar-refractivity contribution in [2.75, 3.05) is 45.1 Å². The topological polar surface area (TPSA) is 65.5 Å². The van der Waals surface area contributed by atoms with Crippen molar-refractivity contribution < 1.29 is 8.42 Å². The average Bonchev–Trinajstić information content (AvgIpc) is 2.65. The molecule has 0 radical (unpaired) electrons. The van der Waals surface area contributed by atoms with Crippen molar-refractivity contribution in [3.05, 3.63) is 18.3 Å². The van der Waals surface area contributed by atoms with Crippen molar-refractivity contribution >= 4 is 15.7 Å². The first-order valence-corrected chi connectivity index (χ1v) is 8.37. The van der Waals surface area contributed by atoms with Gasteiger partial charge in [0.1, 0.15) is 0 Å². The van der Waals surface area contributed by atoms with Crippen LogP contribution in [-0.2, 0) is 10.0 Å². The van der Waals surface area contributed by atoms with Crippen LogP contribution in [0.5, 0.6) is 0 Å². The lowest BCUT2D eigenvalue weighted by Crippen LogP contribution is -2.35. The molecule has 20 heavy (non-hydrogen) atoms. The van der Waals surface area contributed by atoms with Crippen LogP contribution in [0.3, 0.4) is 0 Å². The summed E-state index contributed by atoms with van der Waals surface area (Å²) in [4.78, 5) is 6.24. The van der Waals surface area contributed by atoms with E-state index in [2.05, 4.69) is 15.2 Å². The van der Waals surface area contributed by atoms with Gasteiger partial charge in [-0.3, -0.25) is 0 Å². The molecule has 1 aliphatic heterocycles.